The molecule has 5 heteroatoms. The molecular formula is C12H17N3O2. The quantitative estimate of drug-likeness (QED) is 0.817. The number of rotatable bonds is 3. The van der Waals surface area contributed by atoms with Gasteiger partial charge in [0.2, 0.25) is 0 Å². The van der Waals surface area contributed by atoms with Crippen molar-refractivity contribution in [2.45, 2.75) is 6.54 Å². The third-order valence-corrected chi connectivity index (χ3v) is 2.72. The van der Waals surface area contributed by atoms with Crippen LogP contribution in [0.5, 0.6) is 0 Å². The van der Waals surface area contributed by atoms with Crippen LogP contribution in [0.3, 0.4) is 0 Å². The van der Waals surface area contributed by atoms with Crippen molar-refractivity contribution in [3.8, 4) is 0 Å². The summed E-state index contributed by atoms with van der Waals surface area (Å²) in [6.45, 7) is 3.26. The Hall–Kier alpha value is -1.46. The van der Waals surface area contributed by atoms with Gasteiger partial charge in [0.1, 0.15) is 0 Å². The zero-order valence-electron chi connectivity index (χ0n) is 9.98. The average Bonchev–Trinajstić information content (AvgIpc) is 2.40. The van der Waals surface area contributed by atoms with Crippen molar-refractivity contribution in [3.05, 3.63) is 29.6 Å². The molecule has 1 amide bonds. The van der Waals surface area contributed by atoms with E-state index in [1.807, 2.05) is 18.0 Å². The van der Waals surface area contributed by atoms with Gasteiger partial charge in [-0.3, -0.25) is 9.78 Å². The number of amides is 1. The molecule has 1 saturated heterocycles. The molecular weight excluding hydrogens is 218 g/mol. The van der Waals surface area contributed by atoms with Crippen molar-refractivity contribution in [2.75, 3.05) is 33.4 Å². The Morgan fingerprint density at radius 2 is 2.29 bits per heavy atom. The van der Waals surface area contributed by atoms with Crippen LogP contribution in [0.4, 0.5) is 0 Å². The van der Waals surface area contributed by atoms with E-state index in [1.54, 1.807) is 12.3 Å². The summed E-state index contributed by atoms with van der Waals surface area (Å²) in [7, 11) is 1.86. The van der Waals surface area contributed by atoms with Crippen LogP contribution in [0.1, 0.15) is 16.1 Å². The van der Waals surface area contributed by atoms with Crippen LogP contribution in [0.25, 0.3) is 0 Å². The number of nitrogens with zero attached hydrogens (tertiary/aromatic N) is 2. The third-order valence-electron chi connectivity index (χ3n) is 2.72. The summed E-state index contributed by atoms with van der Waals surface area (Å²) in [4.78, 5) is 18.2. The smallest absolute Gasteiger partial charge is 0.254 e. The summed E-state index contributed by atoms with van der Waals surface area (Å²) in [5, 5.41) is 3.02. The lowest BCUT2D eigenvalue weighted by Gasteiger charge is -2.26. The summed E-state index contributed by atoms with van der Waals surface area (Å²) >= 11 is 0. The van der Waals surface area contributed by atoms with E-state index in [-0.39, 0.29) is 5.91 Å². The number of pyridine rings is 1. The number of aromatic nitrogens is 1. The second-order valence-corrected chi connectivity index (χ2v) is 3.97. The van der Waals surface area contributed by atoms with Gasteiger partial charge in [-0.1, -0.05) is 0 Å². The zero-order valence-corrected chi connectivity index (χ0v) is 9.98. The Bertz CT molecular complexity index is 389. The minimum Gasteiger partial charge on any atom is -0.378 e. The van der Waals surface area contributed by atoms with Crippen LogP contribution in [-0.4, -0.2) is 49.1 Å². The molecule has 0 aromatic carbocycles. The highest BCUT2D eigenvalue weighted by Gasteiger charge is 2.18. The Morgan fingerprint density at radius 1 is 1.53 bits per heavy atom. The highest BCUT2D eigenvalue weighted by atomic mass is 16.5. The normalized spacial score (nSPS) is 15.9. The maximum Gasteiger partial charge on any atom is 0.254 e. The topological polar surface area (TPSA) is 54.5 Å². The summed E-state index contributed by atoms with van der Waals surface area (Å²) in [6.07, 6.45) is 1.68. The van der Waals surface area contributed by atoms with E-state index >= 15 is 0 Å². The van der Waals surface area contributed by atoms with Crippen LogP contribution in [0.2, 0.25) is 0 Å². The van der Waals surface area contributed by atoms with Gasteiger partial charge in [-0.2, -0.15) is 0 Å². The van der Waals surface area contributed by atoms with E-state index in [4.69, 9.17) is 4.74 Å². The second-order valence-electron chi connectivity index (χ2n) is 3.97. The fourth-order valence-corrected chi connectivity index (χ4v) is 1.84. The Balaban J connectivity index is 2.09. The average molecular weight is 235 g/mol. The summed E-state index contributed by atoms with van der Waals surface area (Å²) in [5.74, 6) is 0.0630. The zero-order chi connectivity index (χ0) is 12.1. The molecule has 1 N–H and O–H groups in total. The lowest BCUT2D eigenvalue weighted by Crippen LogP contribution is -2.40. The van der Waals surface area contributed by atoms with E-state index in [9.17, 15) is 4.79 Å². The summed E-state index contributed by atoms with van der Waals surface area (Å²) in [6, 6.07) is 3.60. The van der Waals surface area contributed by atoms with Crippen LogP contribution in [-0.2, 0) is 11.3 Å². The van der Waals surface area contributed by atoms with E-state index < -0.39 is 0 Å². The molecule has 0 unspecified atom stereocenters. The van der Waals surface area contributed by atoms with Crippen molar-refractivity contribution in [1.29, 1.82) is 0 Å². The minimum atomic E-state index is 0.0630. The molecule has 1 aromatic rings. The van der Waals surface area contributed by atoms with Gasteiger partial charge in [0.05, 0.1) is 18.9 Å². The fourth-order valence-electron chi connectivity index (χ4n) is 1.84. The standard InChI is InChI=1S/C12H17N3O2/c1-13-9-11-8-10(2-3-14-11)12(16)15-4-6-17-7-5-15/h2-3,8,13H,4-7,9H2,1H3. The van der Waals surface area contributed by atoms with Gasteiger partial charge in [-0.25, -0.2) is 0 Å². The number of morpholine rings is 1. The second kappa shape index (κ2) is 5.75. The third kappa shape index (κ3) is 3.01. The number of hydrogen-bond donors (Lipinski definition) is 1. The van der Waals surface area contributed by atoms with Crippen LogP contribution >= 0.6 is 0 Å². The Kier molecular flexibility index (Phi) is 4.06. The molecule has 1 aromatic heterocycles. The molecule has 1 aliphatic rings. The summed E-state index contributed by atoms with van der Waals surface area (Å²) < 4.78 is 5.23. The maximum absolute atomic E-state index is 12.2. The van der Waals surface area contributed by atoms with Gasteiger partial charge < -0.3 is 15.0 Å². The van der Waals surface area contributed by atoms with Crippen molar-refractivity contribution in [1.82, 2.24) is 15.2 Å². The Labute approximate surface area is 101 Å². The van der Waals surface area contributed by atoms with E-state index in [1.165, 1.54) is 0 Å². The largest absolute Gasteiger partial charge is 0.378 e. The molecule has 1 aliphatic heterocycles. The van der Waals surface area contributed by atoms with Gasteiger partial charge in [0, 0.05) is 31.4 Å². The molecule has 0 radical (unpaired) electrons. The number of carbonyl (C=O) groups excluding carboxylic acids is 1. The molecule has 0 bridgehead atoms. The lowest BCUT2D eigenvalue weighted by atomic mass is 10.2. The van der Waals surface area contributed by atoms with Crippen molar-refractivity contribution < 1.29 is 9.53 Å². The molecule has 0 aliphatic carbocycles. The monoisotopic (exact) mass is 235 g/mol. The number of carbonyl (C=O) groups is 1. The highest BCUT2D eigenvalue weighted by molar-refractivity contribution is 5.94. The van der Waals surface area contributed by atoms with Gasteiger partial charge in [-0.15, -0.1) is 0 Å². The predicted molar refractivity (Wildman–Crippen MR) is 63.7 cm³/mol. The molecule has 0 atom stereocenters. The highest BCUT2D eigenvalue weighted by Crippen LogP contribution is 2.08. The van der Waals surface area contributed by atoms with Crippen molar-refractivity contribution in [3.63, 3.8) is 0 Å². The molecule has 2 heterocycles. The van der Waals surface area contributed by atoms with E-state index in [2.05, 4.69) is 10.3 Å². The molecule has 2 rings (SSSR count). The number of ether oxygens (including phenoxy) is 1. The first-order valence-corrected chi connectivity index (χ1v) is 5.78. The molecule has 0 spiro atoms. The molecule has 5 nitrogen and oxygen atoms in total. The predicted octanol–water partition coefficient (Wildman–Crippen LogP) is 0.273. The molecule has 17 heavy (non-hydrogen) atoms. The van der Waals surface area contributed by atoms with Gasteiger partial charge in [0.25, 0.3) is 5.91 Å². The van der Waals surface area contributed by atoms with Gasteiger partial charge in [-0.05, 0) is 19.2 Å². The molecule has 0 saturated carbocycles. The number of nitrogens with one attached hydrogen (secondary N) is 1. The lowest BCUT2D eigenvalue weighted by molar-refractivity contribution is 0.0302. The molecule has 92 valence electrons. The van der Waals surface area contributed by atoms with E-state index in [0.717, 1.165) is 5.69 Å². The van der Waals surface area contributed by atoms with Crippen LogP contribution in [0.15, 0.2) is 18.3 Å². The van der Waals surface area contributed by atoms with Crippen LogP contribution in [0, 0.1) is 0 Å². The first-order chi connectivity index (χ1) is 8.31. The van der Waals surface area contributed by atoms with Gasteiger partial charge in [0.15, 0.2) is 0 Å². The molecule has 1 fully saturated rings. The summed E-state index contributed by atoms with van der Waals surface area (Å²) in [5.41, 5.74) is 1.58. The van der Waals surface area contributed by atoms with Crippen LogP contribution < -0.4 is 5.32 Å². The Morgan fingerprint density at radius 3 is 3.00 bits per heavy atom. The van der Waals surface area contributed by atoms with Gasteiger partial charge >= 0.3 is 0 Å². The van der Waals surface area contributed by atoms with Crippen molar-refractivity contribution >= 4 is 5.91 Å². The van der Waals surface area contributed by atoms with E-state index in [0.29, 0.717) is 38.4 Å². The minimum absolute atomic E-state index is 0.0630. The first kappa shape index (κ1) is 12.0. The SMILES string of the molecule is CNCc1cc(C(=O)N2CCOCC2)ccn1. The van der Waals surface area contributed by atoms with Crippen molar-refractivity contribution in [2.24, 2.45) is 0 Å². The maximum atomic E-state index is 12.2. The first-order valence-electron chi connectivity index (χ1n) is 5.78. The number of hydrogen-bond acceptors (Lipinski definition) is 4. The fraction of sp³-hybridized carbons (Fsp3) is 0.500.